The number of anilines is 1. The number of nitrogens with one attached hydrogen (secondary N) is 1. The Bertz CT molecular complexity index is 437. The van der Waals surface area contributed by atoms with Crippen molar-refractivity contribution in [2.75, 3.05) is 5.32 Å². The van der Waals surface area contributed by atoms with Gasteiger partial charge < -0.3 is 5.32 Å². The molecule has 0 saturated heterocycles. The predicted molar refractivity (Wildman–Crippen MR) is 98.2 cm³/mol. The fraction of sp³-hybridized carbons (Fsp3) is 0.579. The van der Waals surface area contributed by atoms with E-state index in [1.807, 2.05) is 25.1 Å². The lowest BCUT2D eigenvalue weighted by Gasteiger charge is -2.51. The Morgan fingerprint density at radius 3 is 2.29 bits per heavy atom. The quantitative estimate of drug-likeness (QED) is 0.610. The molecule has 0 spiro atoms. The summed E-state index contributed by atoms with van der Waals surface area (Å²) in [7, 11) is 0. The maximum atomic E-state index is 4.26. The van der Waals surface area contributed by atoms with Crippen LogP contribution in [0, 0.1) is 24.7 Å². The molecule has 0 heterocycles. The van der Waals surface area contributed by atoms with Crippen LogP contribution in [-0.4, -0.2) is 0 Å². The van der Waals surface area contributed by atoms with Gasteiger partial charge in [0.2, 0.25) is 0 Å². The molecule has 2 saturated carbocycles. The summed E-state index contributed by atoms with van der Waals surface area (Å²) in [4.78, 5) is 1.01. The third kappa shape index (κ3) is 5.43. The van der Waals surface area contributed by atoms with Crippen LogP contribution in [0.25, 0.3) is 0 Å². The molecule has 2 aliphatic carbocycles. The van der Waals surface area contributed by atoms with Crippen LogP contribution in [0.1, 0.15) is 52.0 Å². The first-order valence-electron chi connectivity index (χ1n) is 8.20. The summed E-state index contributed by atoms with van der Waals surface area (Å²) >= 11 is 4.26. The molecule has 0 aliphatic heterocycles. The molecule has 3 unspecified atom stereocenters. The van der Waals surface area contributed by atoms with Crippen LogP contribution >= 0.6 is 12.6 Å². The monoisotopic (exact) mass is 305 g/mol. The molecular formula is C19H31NS. The first-order valence-corrected chi connectivity index (χ1v) is 8.65. The number of hydrogen-bond donors (Lipinski definition) is 2. The van der Waals surface area contributed by atoms with Crippen molar-refractivity contribution < 1.29 is 0 Å². The van der Waals surface area contributed by atoms with Crippen LogP contribution in [0.5, 0.6) is 0 Å². The summed E-state index contributed by atoms with van der Waals surface area (Å²) in [5, 5.41) is 3.01. The summed E-state index contributed by atoms with van der Waals surface area (Å²) < 4.78 is 0. The maximum absolute atomic E-state index is 4.26. The number of aryl methyl sites for hydroxylation is 1. The summed E-state index contributed by atoms with van der Waals surface area (Å²) in [6, 6.07) is 5.96. The Hall–Kier alpha value is -0.890. The Morgan fingerprint density at radius 1 is 1.33 bits per heavy atom. The van der Waals surface area contributed by atoms with Crippen molar-refractivity contribution in [2.24, 2.45) is 17.8 Å². The Balaban J connectivity index is 0.000000187. The van der Waals surface area contributed by atoms with Crippen LogP contribution in [0.4, 0.5) is 5.69 Å². The van der Waals surface area contributed by atoms with E-state index in [4.69, 9.17) is 0 Å². The normalized spacial score (nSPS) is 24.7. The fourth-order valence-corrected chi connectivity index (χ4v) is 3.10. The molecule has 3 rings (SSSR count). The van der Waals surface area contributed by atoms with Crippen molar-refractivity contribution in [2.45, 2.75) is 58.3 Å². The molecule has 1 aromatic carbocycles. The molecule has 0 bridgehead atoms. The summed E-state index contributed by atoms with van der Waals surface area (Å²) in [5.41, 5.74) is 2.22. The molecule has 0 radical (unpaired) electrons. The van der Waals surface area contributed by atoms with Gasteiger partial charge in [0.1, 0.15) is 0 Å². The molecule has 1 aromatic rings. The summed E-state index contributed by atoms with van der Waals surface area (Å²) in [5.74, 6) is 3.47. The minimum absolute atomic E-state index is 1.01. The Labute approximate surface area is 136 Å². The van der Waals surface area contributed by atoms with Gasteiger partial charge in [0.15, 0.2) is 0 Å². The van der Waals surface area contributed by atoms with Gasteiger partial charge in [0.25, 0.3) is 0 Å². The smallest absolute Gasteiger partial charge is 0.0382 e. The third-order valence-corrected chi connectivity index (χ3v) is 4.85. The van der Waals surface area contributed by atoms with E-state index in [0.29, 0.717) is 0 Å². The zero-order valence-corrected chi connectivity index (χ0v) is 14.9. The van der Waals surface area contributed by atoms with Crippen LogP contribution < -0.4 is 5.32 Å². The van der Waals surface area contributed by atoms with Gasteiger partial charge in [-0.3, -0.25) is 0 Å². The maximum Gasteiger partial charge on any atom is 0.0382 e. The first-order chi connectivity index (χ1) is 10.0. The number of thiol groups is 1. The van der Waals surface area contributed by atoms with E-state index in [9.17, 15) is 0 Å². The topological polar surface area (TPSA) is 12.0 Å². The molecule has 21 heavy (non-hydrogen) atoms. The number of hydrogen-bond acceptors (Lipinski definition) is 2. The number of rotatable bonds is 2. The highest BCUT2D eigenvalue weighted by Gasteiger charge is 2.43. The Kier molecular flexibility index (Phi) is 7.95. The van der Waals surface area contributed by atoms with Gasteiger partial charge in [0.05, 0.1) is 0 Å². The van der Waals surface area contributed by atoms with E-state index in [1.165, 1.54) is 23.8 Å². The van der Waals surface area contributed by atoms with Crippen LogP contribution in [0.3, 0.4) is 0 Å². The van der Waals surface area contributed by atoms with E-state index in [-0.39, 0.29) is 0 Å². The fourth-order valence-electron chi connectivity index (χ4n) is 2.96. The van der Waals surface area contributed by atoms with Crippen LogP contribution in [-0.2, 0) is 0 Å². The van der Waals surface area contributed by atoms with E-state index >= 15 is 0 Å². The number of fused-ring (bicyclic) bond motifs is 1. The van der Waals surface area contributed by atoms with Gasteiger partial charge in [0, 0.05) is 10.6 Å². The third-order valence-electron chi connectivity index (χ3n) is 4.35. The van der Waals surface area contributed by atoms with E-state index < -0.39 is 0 Å². The van der Waals surface area contributed by atoms with Crippen molar-refractivity contribution >= 4 is 18.3 Å². The second-order valence-electron chi connectivity index (χ2n) is 6.27. The average molecular weight is 306 g/mol. The molecule has 2 aliphatic rings. The highest BCUT2D eigenvalue weighted by Crippen LogP contribution is 2.53. The average Bonchev–Trinajstić information content (AvgIpc) is 2.42. The molecule has 3 atom stereocenters. The summed E-state index contributed by atoms with van der Waals surface area (Å²) in [6.45, 7) is 12.2. The van der Waals surface area contributed by atoms with Gasteiger partial charge in [-0.2, -0.15) is 0 Å². The SMILES string of the molecule is C=CNc1ccc(S)c(C)c1.CC1CC2CCC12.CCC. The minimum atomic E-state index is 1.01. The lowest BCUT2D eigenvalue weighted by molar-refractivity contribution is -0.0138. The molecule has 118 valence electrons. The molecule has 1 nitrogen and oxygen atoms in total. The second kappa shape index (κ2) is 9.19. The van der Waals surface area contributed by atoms with Crippen LogP contribution in [0.2, 0.25) is 0 Å². The van der Waals surface area contributed by atoms with Gasteiger partial charge in [-0.1, -0.05) is 33.8 Å². The van der Waals surface area contributed by atoms with E-state index in [0.717, 1.165) is 16.5 Å². The van der Waals surface area contributed by atoms with Crippen molar-refractivity contribution in [3.8, 4) is 0 Å². The van der Waals surface area contributed by atoms with Gasteiger partial charge in [-0.05, 0) is 73.9 Å². The predicted octanol–water partition coefficient (Wildman–Crippen LogP) is 6.31. The molecule has 2 heteroatoms. The van der Waals surface area contributed by atoms with Gasteiger partial charge in [-0.25, -0.2) is 0 Å². The molecule has 0 aromatic heterocycles. The van der Waals surface area contributed by atoms with Gasteiger partial charge in [-0.15, -0.1) is 12.6 Å². The van der Waals surface area contributed by atoms with Crippen molar-refractivity contribution in [3.05, 3.63) is 36.5 Å². The number of benzene rings is 1. The first kappa shape index (κ1) is 18.2. The molecule has 2 fully saturated rings. The van der Waals surface area contributed by atoms with E-state index in [2.05, 4.69) is 45.3 Å². The second-order valence-corrected chi connectivity index (χ2v) is 6.75. The largest absolute Gasteiger partial charge is 0.362 e. The minimum Gasteiger partial charge on any atom is -0.362 e. The molecule has 1 N–H and O–H groups in total. The van der Waals surface area contributed by atoms with Crippen molar-refractivity contribution in [3.63, 3.8) is 0 Å². The van der Waals surface area contributed by atoms with E-state index in [1.54, 1.807) is 25.5 Å². The highest BCUT2D eigenvalue weighted by molar-refractivity contribution is 7.80. The lowest BCUT2D eigenvalue weighted by atomic mass is 9.54. The standard InChI is InChI=1S/C9H11NS.C7H12.C3H8/c1-3-10-8-4-5-9(11)7(2)6-8;1-5-4-6-2-3-7(5)6;1-3-2/h3-6,10-11H,1H2,2H3;5-7H,2-4H2,1H3;3H2,1-2H3. The molecular weight excluding hydrogens is 274 g/mol. The zero-order chi connectivity index (χ0) is 15.8. The van der Waals surface area contributed by atoms with Crippen LogP contribution in [0.15, 0.2) is 35.9 Å². The van der Waals surface area contributed by atoms with Crippen molar-refractivity contribution in [1.82, 2.24) is 0 Å². The molecule has 0 amide bonds. The summed E-state index contributed by atoms with van der Waals surface area (Å²) in [6.07, 6.45) is 7.55. The van der Waals surface area contributed by atoms with Crippen molar-refractivity contribution in [1.29, 1.82) is 0 Å². The van der Waals surface area contributed by atoms with Gasteiger partial charge >= 0.3 is 0 Å². The lowest BCUT2D eigenvalue weighted by Crippen LogP contribution is -2.42. The zero-order valence-electron chi connectivity index (χ0n) is 14.0. The Morgan fingerprint density at radius 2 is 2.00 bits per heavy atom. The highest BCUT2D eigenvalue weighted by atomic mass is 32.1.